The Morgan fingerprint density at radius 3 is 2.17 bits per heavy atom. The Morgan fingerprint density at radius 1 is 1.09 bits per heavy atom. The van der Waals surface area contributed by atoms with Crippen LogP contribution in [-0.4, -0.2) is 19.9 Å². The predicted molar refractivity (Wildman–Crippen MR) is 89.2 cm³/mol. The van der Waals surface area contributed by atoms with Crippen LogP contribution in [0.5, 0.6) is 0 Å². The van der Waals surface area contributed by atoms with Crippen LogP contribution in [0.2, 0.25) is 0 Å². The molecule has 2 aromatic rings. The van der Waals surface area contributed by atoms with E-state index in [1.165, 1.54) is 28.6 Å². The number of anilines is 1. The van der Waals surface area contributed by atoms with Gasteiger partial charge in [0.05, 0.1) is 10.6 Å². The van der Waals surface area contributed by atoms with Crippen molar-refractivity contribution < 1.29 is 13.3 Å². The minimum atomic E-state index is -4.02. The van der Waals surface area contributed by atoms with E-state index < -0.39 is 20.6 Å². The minimum Gasteiger partial charge on any atom is -0.266 e. The molecule has 0 bridgehead atoms. The molecule has 6 nitrogen and oxygen atoms in total. The zero-order chi connectivity index (χ0) is 17.2. The molecule has 2 rings (SSSR count). The summed E-state index contributed by atoms with van der Waals surface area (Å²) >= 11 is 0. The van der Waals surface area contributed by atoms with Crippen molar-refractivity contribution in [1.29, 1.82) is 0 Å². The monoisotopic (exact) mass is 334 g/mol. The van der Waals surface area contributed by atoms with Gasteiger partial charge in [0, 0.05) is 12.6 Å². The highest BCUT2D eigenvalue weighted by Crippen LogP contribution is 2.30. The van der Waals surface area contributed by atoms with Crippen molar-refractivity contribution >= 4 is 21.4 Å². The molecule has 0 aromatic heterocycles. The Hall–Kier alpha value is -2.41. The molecule has 2 aromatic carbocycles. The van der Waals surface area contributed by atoms with Crippen LogP contribution < -0.4 is 4.31 Å². The number of hydrogen-bond donors (Lipinski definition) is 0. The average molecular weight is 334 g/mol. The quantitative estimate of drug-likeness (QED) is 0.620. The Morgan fingerprint density at radius 2 is 1.65 bits per heavy atom. The highest BCUT2D eigenvalue weighted by atomic mass is 32.2. The van der Waals surface area contributed by atoms with Gasteiger partial charge in [-0.1, -0.05) is 18.2 Å². The maximum absolute atomic E-state index is 12.9. The molecule has 7 heteroatoms. The summed E-state index contributed by atoms with van der Waals surface area (Å²) in [6, 6.07) is 10.8. The molecular formula is C16H18N2O4S. The molecule has 0 amide bonds. The lowest BCUT2D eigenvalue weighted by Crippen LogP contribution is -2.31. The first-order chi connectivity index (χ1) is 10.8. The summed E-state index contributed by atoms with van der Waals surface area (Å²) in [7, 11) is -4.02. The van der Waals surface area contributed by atoms with Gasteiger partial charge in [0.1, 0.15) is 0 Å². The molecule has 0 heterocycles. The fraction of sp³-hybridized carbons (Fsp3) is 0.250. The maximum Gasteiger partial charge on any atom is 0.289 e. The van der Waals surface area contributed by atoms with E-state index in [2.05, 4.69) is 0 Å². The van der Waals surface area contributed by atoms with Crippen LogP contribution in [0.3, 0.4) is 0 Å². The number of nitro benzene ring substituents is 1. The van der Waals surface area contributed by atoms with Gasteiger partial charge in [-0.3, -0.25) is 14.4 Å². The van der Waals surface area contributed by atoms with Crippen LogP contribution in [0.15, 0.2) is 47.4 Å². The topological polar surface area (TPSA) is 80.5 Å². The van der Waals surface area contributed by atoms with Crippen LogP contribution >= 0.6 is 0 Å². The van der Waals surface area contributed by atoms with E-state index in [4.69, 9.17) is 0 Å². The van der Waals surface area contributed by atoms with Gasteiger partial charge in [-0.25, -0.2) is 8.42 Å². The third-order valence-electron chi connectivity index (χ3n) is 3.41. The smallest absolute Gasteiger partial charge is 0.266 e. The fourth-order valence-corrected chi connectivity index (χ4v) is 4.15. The Bertz CT molecular complexity index is 827. The highest BCUT2D eigenvalue weighted by molar-refractivity contribution is 7.93. The van der Waals surface area contributed by atoms with Gasteiger partial charge >= 0.3 is 0 Å². The summed E-state index contributed by atoms with van der Waals surface area (Å²) in [5.41, 5.74) is 1.94. The Kier molecular flexibility index (Phi) is 4.70. The first kappa shape index (κ1) is 17.0. The van der Waals surface area contributed by atoms with Crippen molar-refractivity contribution in [3.8, 4) is 0 Å². The van der Waals surface area contributed by atoms with Crippen molar-refractivity contribution in [3.63, 3.8) is 0 Å². The van der Waals surface area contributed by atoms with E-state index in [0.29, 0.717) is 5.69 Å². The van der Waals surface area contributed by atoms with E-state index in [-0.39, 0.29) is 11.4 Å². The van der Waals surface area contributed by atoms with Gasteiger partial charge < -0.3 is 0 Å². The summed E-state index contributed by atoms with van der Waals surface area (Å²) in [6.45, 7) is 5.63. The van der Waals surface area contributed by atoms with Crippen molar-refractivity contribution in [1.82, 2.24) is 0 Å². The maximum atomic E-state index is 12.9. The van der Waals surface area contributed by atoms with Crippen LogP contribution in [0.4, 0.5) is 11.4 Å². The average Bonchev–Trinajstić information content (AvgIpc) is 2.46. The normalized spacial score (nSPS) is 11.3. The largest absolute Gasteiger partial charge is 0.289 e. The van der Waals surface area contributed by atoms with Crippen LogP contribution in [0, 0.1) is 24.0 Å². The SMILES string of the molecule is CCN(c1cc(C)cc(C)c1)S(=O)(=O)c1ccccc1[N+](=O)[O-]. The van der Waals surface area contributed by atoms with E-state index >= 15 is 0 Å². The number of nitrogens with zero attached hydrogens (tertiary/aromatic N) is 2. The molecule has 0 saturated heterocycles. The molecule has 0 aliphatic carbocycles. The molecule has 0 radical (unpaired) electrons. The van der Waals surface area contributed by atoms with Crippen LogP contribution in [0.1, 0.15) is 18.1 Å². The molecule has 0 saturated carbocycles. The van der Waals surface area contributed by atoms with E-state index in [0.717, 1.165) is 11.1 Å². The van der Waals surface area contributed by atoms with Gasteiger partial charge in [0.2, 0.25) is 0 Å². The number of nitro groups is 1. The number of sulfonamides is 1. The van der Waals surface area contributed by atoms with Gasteiger partial charge in [0.15, 0.2) is 4.90 Å². The lowest BCUT2D eigenvalue weighted by atomic mass is 10.1. The standard InChI is InChI=1S/C16H18N2O4S/c1-4-17(14-10-12(2)9-13(3)11-14)23(21,22)16-8-6-5-7-15(16)18(19)20/h5-11H,4H2,1-3H3. The zero-order valence-electron chi connectivity index (χ0n) is 13.2. The lowest BCUT2D eigenvalue weighted by molar-refractivity contribution is -0.387. The third kappa shape index (κ3) is 3.34. The first-order valence-corrected chi connectivity index (χ1v) is 8.56. The number of para-hydroxylation sites is 1. The van der Waals surface area contributed by atoms with Crippen molar-refractivity contribution in [2.75, 3.05) is 10.8 Å². The first-order valence-electron chi connectivity index (χ1n) is 7.12. The molecule has 0 aliphatic heterocycles. The fourth-order valence-electron chi connectivity index (χ4n) is 2.53. The number of benzene rings is 2. The third-order valence-corrected chi connectivity index (χ3v) is 5.36. The number of aryl methyl sites for hydroxylation is 2. The molecule has 23 heavy (non-hydrogen) atoms. The van der Waals surface area contributed by atoms with Gasteiger partial charge in [0.25, 0.3) is 15.7 Å². The predicted octanol–water partition coefficient (Wildman–Crippen LogP) is 3.43. The van der Waals surface area contributed by atoms with Gasteiger partial charge in [-0.2, -0.15) is 0 Å². The summed E-state index contributed by atoms with van der Waals surface area (Å²) in [6.07, 6.45) is 0. The lowest BCUT2D eigenvalue weighted by Gasteiger charge is -2.23. The van der Waals surface area contributed by atoms with E-state index in [1.807, 2.05) is 19.9 Å². The highest BCUT2D eigenvalue weighted by Gasteiger charge is 2.30. The van der Waals surface area contributed by atoms with E-state index in [9.17, 15) is 18.5 Å². The molecule has 0 N–H and O–H groups in total. The van der Waals surface area contributed by atoms with Crippen molar-refractivity contribution in [3.05, 3.63) is 63.7 Å². The molecule has 0 atom stereocenters. The van der Waals surface area contributed by atoms with Crippen molar-refractivity contribution in [2.24, 2.45) is 0 Å². The van der Waals surface area contributed by atoms with Crippen LogP contribution in [-0.2, 0) is 10.0 Å². The molecule has 0 spiro atoms. The summed E-state index contributed by atoms with van der Waals surface area (Å²) in [4.78, 5) is 10.2. The molecule has 122 valence electrons. The van der Waals surface area contributed by atoms with Crippen LogP contribution in [0.25, 0.3) is 0 Å². The molecule has 0 fully saturated rings. The minimum absolute atomic E-state index is 0.178. The van der Waals surface area contributed by atoms with E-state index in [1.54, 1.807) is 19.1 Å². The molecular weight excluding hydrogens is 316 g/mol. The van der Waals surface area contributed by atoms with Gasteiger partial charge in [-0.05, 0) is 50.1 Å². The number of rotatable bonds is 5. The number of hydrogen-bond acceptors (Lipinski definition) is 4. The summed E-state index contributed by atoms with van der Waals surface area (Å²) in [5, 5.41) is 11.1. The second-order valence-corrected chi connectivity index (χ2v) is 7.07. The Labute approximate surface area is 135 Å². The second kappa shape index (κ2) is 6.37. The van der Waals surface area contributed by atoms with Gasteiger partial charge in [-0.15, -0.1) is 0 Å². The molecule has 0 aliphatic rings. The summed E-state index contributed by atoms with van der Waals surface area (Å²) in [5.74, 6) is 0. The molecule has 0 unspecified atom stereocenters. The Balaban J connectivity index is 2.63. The van der Waals surface area contributed by atoms with Crippen molar-refractivity contribution in [2.45, 2.75) is 25.7 Å². The summed E-state index contributed by atoms with van der Waals surface area (Å²) < 4.78 is 27.1. The second-order valence-electron chi connectivity index (χ2n) is 5.24. The zero-order valence-corrected chi connectivity index (χ0v) is 14.0.